The topological polar surface area (TPSA) is 52.5 Å². The second-order valence-electron chi connectivity index (χ2n) is 5.35. The number of rotatable bonds is 6. The minimum atomic E-state index is -0.572. The molecule has 0 aliphatic carbocycles. The fraction of sp³-hybridized carbons (Fsp3) is 1.00. The predicted octanol–water partition coefficient (Wildman–Crippen LogP) is 1.24. The van der Waals surface area contributed by atoms with Gasteiger partial charge in [0.05, 0.1) is 18.8 Å². The van der Waals surface area contributed by atoms with E-state index >= 15 is 0 Å². The summed E-state index contributed by atoms with van der Waals surface area (Å²) in [6.45, 7) is 10.3. The Bertz CT molecular complexity index is 176. The molecule has 3 nitrogen and oxygen atoms in total. The fourth-order valence-corrected chi connectivity index (χ4v) is 1.99. The molecule has 1 unspecified atom stereocenters. The van der Waals surface area contributed by atoms with Crippen molar-refractivity contribution >= 4 is 11.8 Å². The van der Waals surface area contributed by atoms with Gasteiger partial charge in [-0.15, -0.1) is 0 Å². The van der Waals surface area contributed by atoms with Gasteiger partial charge >= 0.3 is 0 Å². The summed E-state index contributed by atoms with van der Waals surface area (Å²) in [5.74, 6) is 0.971. The van der Waals surface area contributed by atoms with Gasteiger partial charge in [0.25, 0.3) is 0 Å². The van der Waals surface area contributed by atoms with Gasteiger partial charge in [0, 0.05) is 16.5 Å². The second-order valence-corrected chi connectivity index (χ2v) is 7.19. The van der Waals surface area contributed by atoms with Gasteiger partial charge in [0.1, 0.15) is 0 Å². The third kappa shape index (κ3) is 7.17. The smallest absolute Gasteiger partial charge is 0.0633 e. The van der Waals surface area contributed by atoms with Gasteiger partial charge in [0.2, 0.25) is 0 Å². The van der Waals surface area contributed by atoms with Crippen LogP contribution in [-0.4, -0.2) is 45.5 Å². The minimum Gasteiger partial charge on any atom is -0.394 e. The summed E-state index contributed by atoms with van der Waals surface area (Å²) in [6.07, 6.45) is 0. The highest BCUT2D eigenvalue weighted by Crippen LogP contribution is 2.24. The van der Waals surface area contributed by atoms with E-state index in [0.29, 0.717) is 0 Å². The van der Waals surface area contributed by atoms with Crippen molar-refractivity contribution in [3.63, 3.8) is 0 Å². The third-order valence-corrected chi connectivity index (χ3v) is 3.59. The number of nitrogens with one attached hydrogen (secondary N) is 1. The molecule has 0 saturated carbocycles. The molecule has 0 aromatic carbocycles. The van der Waals surface area contributed by atoms with Crippen LogP contribution < -0.4 is 5.32 Å². The van der Waals surface area contributed by atoms with Crippen LogP contribution in [0.4, 0.5) is 0 Å². The van der Waals surface area contributed by atoms with Crippen LogP contribution in [0.15, 0.2) is 0 Å². The molecule has 4 heteroatoms. The lowest BCUT2D eigenvalue weighted by atomic mass is 10.0. The molecule has 0 fully saturated rings. The maximum atomic E-state index is 9.13. The Morgan fingerprint density at radius 2 is 1.60 bits per heavy atom. The van der Waals surface area contributed by atoms with Gasteiger partial charge in [-0.3, -0.25) is 0 Å². The SMILES string of the molecule is CC(CSC(C)(C)C)NC(C)(CO)CO. The van der Waals surface area contributed by atoms with E-state index in [1.54, 1.807) is 0 Å². The highest BCUT2D eigenvalue weighted by molar-refractivity contribution is 8.00. The van der Waals surface area contributed by atoms with Crippen LogP contribution in [0.1, 0.15) is 34.6 Å². The first-order valence-corrected chi connectivity index (χ1v) is 6.34. The molecule has 0 bridgehead atoms. The number of hydrogen-bond acceptors (Lipinski definition) is 4. The van der Waals surface area contributed by atoms with Crippen molar-refractivity contribution in [2.45, 2.75) is 50.9 Å². The largest absolute Gasteiger partial charge is 0.394 e. The second kappa shape index (κ2) is 6.09. The van der Waals surface area contributed by atoms with Gasteiger partial charge in [-0.1, -0.05) is 20.8 Å². The van der Waals surface area contributed by atoms with Crippen molar-refractivity contribution in [2.24, 2.45) is 0 Å². The molecule has 0 saturated heterocycles. The van der Waals surface area contributed by atoms with Crippen LogP contribution in [0.2, 0.25) is 0 Å². The van der Waals surface area contributed by atoms with Crippen LogP contribution in [0.25, 0.3) is 0 Å². The van der Waals surface area contributed by atoms with Crippen molar-refractivity contribution in [3.05, 3.63) is 0 Å². The van der Waals surface area contributed by atoms with Crippen molar-refractivity contribution in [3.8, 4) is 0 Å². The van der Waals surface area contributed by atoms with Crippen LogP contribution in [0, 0.1) is 0 Å². The van der Waals surface area contributed by atoms with Crippen LogP contribution in [-0.2, 0) is 0 Å². The van der Waals surface area contributed by atoms with E-state index in [1.165, 1.54) is 0 Å². The predicted molar refractivity (Wildman–Crippen MR) is 67.4 cm³/mol. The normalized spacial score (nSPS) is 15.4. The molecule has 0 aliphatic heterocycles. The molecule has 3 N–H and O–H groups in total. The molecule has 0 rings (SSSR count). The number of hydrogen-bond donors (Lipinski definition) is 3. The summed E-state index contributed by atoms with van der Waals surface area (Å²) < 4.78 is 0.255. The van der Waals surface area contributed by atoms with Gasteiger partial charge in [-0.2, -0.15) is 11.8 Å². The molecule has 0 spiro atoms. The molecule has 0 aliphatic rings. The van der Waals surface area contributed by atoms with Gasteiger partial charge in [-0.05, 0) is 13.8 Å². The van der Waals surface area contributed by atoms with E-state index in [2.05, 4.69) is 33.0 Å². The highest BCUT2D eigenvalue weighted by Gasteiger charge is 2.24. The molecule has 0 radical (unpaired) electrons. The Kier molecular flexibility index (Phi) is 6.18. The van der Waals surface area contributed by atoms with E-state index in [1.807, 2.05) is 18.7 Å². The minimum absolute atomic E-state index is 0.0476. The number of aliphatic hydroxyl groups excluding tert-OH is 2. The van der Waals surface area contributed by atoms with Crippen LogP contribution in [0.5, 0.6) is 0 Å². The summed E-state index contributed by atoms with van der Waals surface area (Å²) in [6, 6.07) is 0.276. The summed E-state index contributed by atoms with van der Waals surface area (Å²) in [5.41, 5.74) is -0.572. The molecule has 0 heterocycles. The maximum absolute atomic E-state index is 9.13. The number of aliphatic hydroxyl groups is 2. The quantitative estimate of drug-likeness (QED) is 0.648. The number of thioether (sulfide) groups is 1. The first kappa shape index (κ1) is 15.2. The van der Waals surface area contributed by atoms with E-state index in [0.717, 1.165) is 5.75 Å². The standard InChI is InChI=1S/C11H25NO2S/c1-9(6-15-10(2,3)4)12-11(5,7-13)8-14/h9,12-14H,6-8H2,1-5H3. The van der Waals surface area contributed by atoms with E-state index in [4.69, 9.17) is 10.2 Å². The lowest BCUT2D eigenvalue weighted by Gasteiger charge is -2.31. The Hall–Kier alpha value is 0.230. The summed E-state index contributed by atoms with van der Waals surface area (Å²) in [5, 5.41) is 21.5. The molecule has 15 heavy (non-hydrogen) atoms. The molecule has 0 aromatic rings. The Morgan fingerprint density at radius 3 is 1.93 bits per heavy atom. The van der Waals surface area contributed by atoms with E-state index in [9.17, 15) is 0 Å². The molecular weight excluding hydrogens is 210 g/mol. The van der Waals surface area contributed by atoms with Crippen molar-refractivity contribution in [1.29, 1.82) is 0 Å². The van der Waals surface area contributed by atoms with Crippen molar-refractivity contribution < 1.29 is 10.2 Å². The zero-order chi connectivity index (χ0) is 12.1. The lowest BCUT2D eigenvalue weighted by molar-refractivity contribution is 0.0980. The zero-order valence-corrected chi connectivity index (χ0v) is 11.3. The molecule has 1 atom stereocenters. The van der Waals surface area contributed by atoms with Crippen LogP contribution in [0.3, 0.4) is 0 Å². The lowest BCUT2D eigenvalue weighted by Crippen LogP contribution is -2.53. The Balaban J connectivity index is 3.97. The first-order valence-electron chi connectivity index (χ1n) is 5.36. The average molecular weight is 235 g/mol. The Morgan fingerprint density at radius 1 is 1.13 bits per heavy atom. The summed E-state index contributed by atoms with van der Waals surface area (Å²) >= 11 is 1.88. The first-order chi connectivity index (χ1) is 6.72. The third-order valence-electron chi connectivity index (χ3n) is 2.06. The van der Waals surface area contributed by atoms with Crippen LogP contribution >= 0.6 is 11.8 Å². The van der Waals surface area contributed by atoms with Gasteiger partial charge in [-0.25, -0.2) is 0 Å². The summed E-state index contributed by atoms with van der Waals surface area (Å²) in [7, 11) is 0. The van der Waals surface area contributed by atoms with E-state index < -0.39 is 5.54 Å². The fourth-order valence-electron chi connectivity index (χ4n) is 1.15. The molecule has 0 amide bonds. The summed E-state index contributed by atoms with van der Waals surface area (Å²) in [4.78, 5) is 0. The zero-order valence-electron chi connectivity index (χ0n) is 10.5. The van der Waals surface area contributed by atoms with Crippen molar-refractivity contribution in [2.75, 3.05) is 19.0 Å². The Labute approximate surface area is 97.7 Å². The monoisotopic (exact) mass is 235 g/mol. The molecule has 92 valence electrons. The average Bonchev–Trinajstić information content (AvgIpc) is 2.13. The van der Waals surface area contributed by atoms with Crippen molar-refractivity contribution in [1.82, 2.24) is 5.32 Å². The van der Waals surface area contributed by atoms with Gasteiger partial charge < -0.3 is 15.5 Å². The maximum Gasteiger partial charge on any atom is 0.0633 e. The highest BCUT2D eigenvalue weighted by atomic mass is 32.2. The molecule has 0 aromatic heterocycles. The molecular formula is C11H25NO2S. The van der Waals surface area contributed by atoms with E-state index in [-0.39, 0.29) is 24.0 Å². The van der Waals surface area contributed by atoms with Gasteiger partial charge in [0.15, 0.2) is 0 Å².